The Morgan fingerprint density at radius 1 is 1.10 bits per heavy atom. The maximum Gasteiger partial charge on any atom is 0.159 e. The summed E-state index contributed by atoms with van der Waals surface area (Å²) >= 11 is 5.18. The Kier molecular flexibility index (Phi) is 5.29. The van der Waals surface area contributed by atoms with Gasteiger partial charge in [0.2, 0.25) is 0 Å². The number of aryl methyl sites for hydroxylation is 1. The van der Waals surface area contributed by atoms with Gasteiger partial charge in [-0.25, -0.2) is 0 Å². The molecule has 1 aliphatic rings. The largest absolute Gasteiger partial charge is 0.389 e. The van der Waals surface area contributed by atoms with E-state index in [1.807, 2.05) is 13.8 Å². The second kappa shape index (κ2) is 6.97. The minimum Gasteiger partial charge on any atom is -0.389 e. The Balaban J connectivity index is 2.19. The normalized spacial score (nSPS) is 17.3. The van der Waals surface area contributed by atoms with Gasteiger partial charge in [0.1, 0.15) is 4.99 Å². The first-order valence-electron chi connectivity index (χ1n) is 7.50. The van der Waals surface area contributed by atoms with Gasteiger partial charge >= 0.3 is 0 Å². The zero-order valence-corrected chi connectivity index (χ0v) is 13.2. The lowest BCUT2D eigenvalue weighted by Crippen LogP contribution is -2.25. The third-order valence-electron chi connectivity index (χ3n) is 4.15. The van der Waals surface area contributed by atoms with Gasteiger partial charge in [0, 0.05) is 6.04 Å². The fourth-order valence-electron chi connectivity index (χ4n) is 2.80. The molecule has 110 valence electrons. The van der Waals surface area contributed by atoms with Gasteiger partial charge in [-0.05, 0) is 32.3 Å². The number of anilines is 1. The lowest BCUT2D eigenvalue weighted by molar-refractivity contribution is 0.470. The number of hydrogen-bond acceptors (Lipinski definition) is 4. The van der Waals surface area contributed by atoms with Crippen LogP contribution in [0.4, 0.5) is 5.82 Å². The van der Waals surface area contributed by atoms with E-state index in [0.29, 0.717) is 11.0 Å². The van der Waals surface area contributed by atoms with E-state index in [0.717, 1.165) is 22.6 Å². The number of nitrogens with two attached hydrogens (primary N) is 1. The molecule has 0 bridgehead atoms. The third kappa shape index (κ3) is 3.66. The molecule has 0 radical (unpaired) electrons. The van der Waals surface area contributed by atoms with Gasteiger partial charge < -0.3 is 11.1 Å². The van der Waals surface area contributed by atoms with E-state index in [4.69, 9.17) is 18.0 Å². The number of nitrogens with zero attached hydrogens (tertiary/aromatic N) is 2. The molecule has 3 N–H and O–H groups in total. The zero-order valence-electron chi connectivity index (χ0n) is 12.4. The average Bonchev–Trinajstić information content (AvgIpc) is 2.36. The summed E-state index contributed by atoms with van der Waals surface area (Å²) in [4.78, 5) is 0.397. The van der Waals surface area contributed by atoms with Crippen molar-refractivity contribution < 1.29 is 0 Å². The molecular weight excluding hydrogens is 268 g/mol. The minimum absolute atomic E-state index is 0.397. The lowest BCUT2D eigenvalue weighted by Gasteiger charge is -2.23. The average molecular weight is 292 g/mol. The highest BCUT2D eigenvalue weighted by Crippen LogP contribution is 2.23. The molecule has 2 rings (SSSR count). The van der Waals surface area contributed by atoms with Crippen molar-refractivity contribution in [2.75, 3.05) is 5.32 Å². The highest BCUT2D eigenvalue weighted by molar-refractivity contribution is 7.80. The first-order chi connectivity index (χ1) is 9.59. The number of rotatable bonds is 3. The summed E-state index contributed by atoms with van der Waals surface area (Å²) in [6.07, 6.45) is 8.96. The van der Waals surface area contributed by atoms with Crippen molar-refractivity contribution >= 4 is 23.0 Å². The van der Waals surface area contributed by atoms with E-state index in [9.17, 15) is 0 Å². The van der Waals surface area contributed by atoms with Gasteiger partial charge in [0.25, 0.3) is 0 Å². The molecular formula is C15H24N4S. The van der Waals surface area contributed by atoms with Crippen molar-refractivity contribution in [2.45, 2.75) is 64.8 Å². The number of nitrogens with one attached hydrogen (secondary N) is 1. The van der Waals surface area contributed by atoms with Crippen LogP contribution in [0.3, 0.4) is 0 Å². The number of aromatic nitrogens is 2. The topological polar surface area (TPSA) is 63.8 Å². The second-order valence-corrected chi connectivity index (χ2v) is 6.12. The number of thiocarbonyl (C=S) groups is 1. The summed E-state index contributed by atoms with van der Waals surface area (Å²) in [5.74, 6) is 0.756. The molecule has 4 nitrogen and oxygen atoms in total. The Bertz CT molecular complexity index is 479. The maximum atomic E-state index is 5.87. The Morgan fingerprint density at radius 3 is 2.30 bits per heavy atom. The second-order valence-electron chi connectivity index (χ2n) is 5.68. The van der Waals surface area contributed by atoms with Crippen LogP contribution in [0.2, 0.25) is 0 Å². The SMILES string of the molecule is Cc1nnc(NC2CCCCCCC2)c(C(N)=S)c1C. The van der Waals surface area contributed by atoms with Gasteiger partial charge in [-0.2, -0.15) is 5.10 Å². The Labute approximate surface area is 126 Å². The van der Waals surface area contributed by atoms with E-state index in [-0.39, 0.29) is 0 Å². The molecule has 1 fully saturated rings. The fourth-order valence-corrected chi connectivity index (χ4v) is 3.05. The van der Waals surface area contributed by atoms with Gasteiger partial charge in [0.15, 0.2) is 5.82 Å². The van der Waals surface area contributed by atoms with Crippen LogP contribution < -0.4 is 11.1 Å². The lowest BCUT2D eigenvalue weighted by atomic mass is 9.96. The summed E-state index contributed by atoms with van der Waals surface area (Å²) in [5.41, 5.74) is 8.64. The monoisotopic (exact) mass is 292 g/mol. The highest BCUT2D eigenvalue weighted by Gasteiger charge is 2.17. The van der Waals surface area contributed by atoms with Gasteiger partial charge in [-0.15, -0.1) is 5.10 Å². The fraction of sp³-hybridized carbons (Fsp3) is 0.667. The molecule has 0 unspecified atom stereocenters. The van der Waals surface area contributed by atoms with Crippen molar-refractivity contribution in [3.63, 3.8) is 0 Å². The molecule has 0 atom stereocenters. The van der Waals surface area contributed by atoms with Crippen LogP contribution in [-0.4, -0.2) is 21.2 Å². The van der Waals surface area contributed by atoms with Gasteiger partial charge in [-0.3, -0.25) is 0 Å². The molecule has 1 heterocycles. The van der Waals surface area contributed by atoms with E-state index in [2.05, 4.69) is 15.5 Å². The summed E-state index contributed by atoms with van der Waals surface area (Å²) in [6, 6.07) is 0.458. The van der Waals surface area contributed by atoms with Crippen LogP contribution in [0, 0.1) is 13.8 Å². The van der Waals surface area contributed by atoms with Crippen molar-refractivity contribution in [2.24, 2.45) is 5.73 Å². The van der Waals surface area contributed by atoms with Crippen molar-refractivity contribution in [3.05, 3.63) is 16.8 Å². The first kappa shape index (κ1) is 15.2. The molecule has 5 heteroatoms. The molecule has 20 heavy (non-hydrogen) atoms. The molecule has 1 saturated carbocycles. The third-order valence-corrected chi connectivity index (χ3v) is 4.35. The van der Waals surface area contributed by atoms with Crippen LogP contribution in [0.25, 0.3) is 0 Å². The van der Waals surface area contributed by atoms with Crippen LogP contribution in [-0.2, 0) is 0 Å². The molecule has 0 aliphatic heterocycles. The summed E-state index contributed by atoms with van der Waals surface area (Å²) < 4.78 is 0. The van der Waals surface area contributed by atoms with E-state index < -0.39 is 0 Å². The molecule has 0 saturated heterocycles. The first-order valence-corrected chi connectivity index (χ1v) is 7.90. The van der Waals surface area contributed by atoms with E-state index in [1.165, 1.54) is 44.9 Å². The summed E-state index contributed by atoms with van der Waals surface area (Å²) in [7, 11) is 0. The predicted molar refractivity (Wildman–Crippen MR) is 87.1 cm³/mol. The molecule has 1 aromatic rings. The predicted octanol–water partition coefficient (Wildman–Crippen LogP) is 3.25. The van der Waals surface area contributed by atoms with Crippen LogP contribution in [0.1, 0.15) is 61.8 Å². The molecule has 0 amide bonds. The van der Waals surface area contributed by atoms with Crippen molar-refractivity contribution in [1.29, 1.82) is 0 Å². The van der Waals surface area contributed by atoms with Crippen LogP contribution in [0.5, 0.6) is 0 Å². The molecule has 1 aromatic heterocycles. The Hall–Kier alpha value is -1.23. The van der Waals surface area contributed by atoms with Crippen molar-refractivity contribution in [3.8, 4) is 0 Å². The van der Waals surface area contributed by atoms with E-state index >= 15 is 0 Å². The van der Waals surface area contributed by atoms with Crippen molar-refractivity contribution in [1.82, 2.24) is 10.2 Å². The zero-order chi connectivity index (χ0) is 14.5. The highest BCUT2D eigenvalue weighted by atomic mass is 32.1. The summed E-state index contributed by atoms with van der Waals surface area (Å²) in [5, 5.41) is 12.0. The standard InChI is InChI=1S/C15H24N4S/c1-10-11(2)18-19-15(13(10)14(16)20)17-12-8-6-4-3-5-7-9-12/h12H,3-9H2,1-2H3,(H2,16,20)(H,17,19). The Morgan fingerprint density at radius 2 is 1.70 bits per heavy atom. The van der Waals surface area contributed by atoms with E-state index in [1.54, 1.807) is 0 Å². The van der Waals surface area contributed by atoms with Crippen LogP contribution >= 0.6 is 12.2 Å². The molecule has 0 aromatic carbocycles. The van der Waals surface area contributed by atoms with Crippen LogP contribution in [0.15, 0.2) is 0 Å². The van der Waals surface area contributed by atoms with Gasteiger partial charge in [0.05, 0.1) is 11.3 Å². The van der Waals surface area contributed by atoms with Gasteiger partial charge in [-0.1, -0.05) is 44.3 Å². The summed E-state index contributed by atoms with van der Waals surface area (Å²) in [6.45, 7) is 3.94. The molecule has 1 aliphatic carbocycles. The molecule has 0 spiro atoms. The maximum absolute atomic E-state index is 5.87. The number of hydrogen-bond donors (Lipinski definition) is 2. The smallest absolute Gasteiger partial charge is 0.159 e. The quantitative estimate of drug-likeness (QED) is 0.837. The minimum atomic E-state index is 0.397.